The van der Waals surface area contributed by atoms with Crippen LogP contribution in [0.5, 0.6) is 0 Å². The summed E-state index contributed by atoms with van der Waals surface area (Å²) in [5, 5.41) is 0. The van der Waals surface area contributed by atoms with Crippen LogP contribution in [0, 0.1) is 0 Å². The van der Waals surface area contributed by atoms with Crippen LogP contribution in [0.15, 0.2) is 54.1 Å². The third-order valence-corrected chi connectivity index (χ3v) is 1.83. The van der Waals surface area contributed by atoms with Gasteiger partial charge in [0.25, 0.3) is 0 Å². The molecule has 0 aromatic heterocycles. The number of aliphatic imine (C=N–C) groups is 1. The average Bonchev–Trinajstić information content (AvgIpc) is 2.19. The topological polar surface area (TPSA) is 12.4 Å². The minimum atomic E-state index is 0.807. The van der Waals surface area contributed by atoms with Crippen LogP contribution in [0.3, 0.4) is 0 Å². The molecule has 0 unspecified atom stereocenters. The van der Waals surface area contributed by atoms with Crippen LogP contribution in [0.1, 0.15) is 19.4 Å². The van der Waals surface area contributed by atoms with Gasteiger partial charge in [-0.2, -0.15) is 0 Å². The highest BCUT2D eigenvalue weighted by Gasteiger charge is 1.94. The zero-order valence-electron chi connectivity index (χ0n) is 8.70. The summed E-state index contributed by atoms with van der Waals surface area (Å²) < 4.78 is 0. The zero-order valence-corrected chi connectivity index (χ0v) is 8.70. The van der Waals surface area contributed by atoms with Crippen molar-refractivity contribution in [3.63, 3.8) is 0 Å². The molecule has 0 heterocycles. The highest BCUT2D eigenvalue weighted by atomic mass is 14.7. The largest absolute Gasteiger partial charge is 0.254 e. The summed E-state index contributed by atoms with van der Waals surface area (Å²) in [7, 11) is 0. The smallest absolute Gasteiger partial charge is 0.0633 e. The SMILES string of the molecule is C=C(/N=C(C)\C=C/C)c1ccccc1. The molecule has 0 radical (unpaired) electrons. The van der Waals surface area contributed by atoms with E-state index in [1.165, 1.54) is 0 Å². The lowest BCUT2D eigenvalue weighted by Gasteiger charge is -1.99. The first-order valence-electron chi connectivity index (χ1n) is 4.66. The molecule has 14 heavy (non-hydrogen) atoms. The van der Waals surface area contributed by atoms with E-state index in [0.717, 1.165) is 17.0 Å². The summed E-state index contributed by atoms with van der Waals surface area (Å²) in [4.78, 5) is 4.37. The highest BCUT2D eigenvalue weighted by Crippen LogP contribution is 2.12. The number of hydrogen-bond donors (Lipinski definition) is 0. The number of nitrogens with zero attached hydrogens (tertiary/aromatic N) is 1. The van der Waals surface area contributed by atoms with E-state index in [0.29, 0.717) is 0 Å². The van der Waals surface area contributed by atoms with Gasteiger partial charge in [0.15, 0.2) is 0 Å². The lowest BCUT2D eigenvalue weighted by molar-refractivity contribution is 1.50. The van der Waals surface area contributed by atoms with Gasteiger partial charge in [0.1, 0.15) is 0 Å². The Morgan fingerprint density at radius 2 is 1.93 bits per heavy atom. The minimum Gasteiger partial charge on any atom is -0.254 e. The second kappa shape index (κ2) is 5.18. The number of allylic oxidation sites excluding steroid dienone is 2. The summed E-state index contributed by atoms with van der Waals surface area (Å²) in [6, 6.07) is 9.98. The summed E-state index contributed by atoms with van der Waals surface area (Å²) in [6.07, 6.45) is 3.94. The lowest BCUT2D eigenvalue weighted by atomic mass is 10.2. The molecular formula is C13H15N. The van der Waals surface area contributed by atoms with Crippen LogP contribution < -0.4 is 0 Å². The molecule has 72 valence electrons. The van der Waals surface area contributed by atoms with Gasteiger partial charge >= 0.3 is 0 Å². The van der Waals surface area contributed by atoms with Gasteiger partial charge in [-0.25, -0.2) is 0 Å². The van der Waals surface area contributed by atoms with Crippen molar-refractivity contribution < 1.29 is 0 Å². The second-order valence-corrected chi connectivity index (χ2v) is 3.07. The van der Waals surface area contributed by atoms with Crippen molar-refractivity contribution in [2.75, 3.05) is 0 Å². The summed E-state index contributed by atoms with van der Waals surface area (Å²) in [6.45, 7) is 7.87. The van der Waals surface area contributed by atoms with Crippen molar-refractivity contribution in [1.29, 1.82) is 0 Å². The van der Waals surface area contributed by atoms with Gasteiger partial charge in [-0.05, 0) is 25.5 Å². The molecule has 0 saturated carbocycles. The third kappa shape index (κ3) is 3.02. The Morgan fingerprint density at radius 1 is 1.29 bits per heavy atom. The quantitative estimate of drug-likeness (QED) is 0.637. The van der Waals surface area contributed by atoms with Crippen LogP contribution in [0.4, 0.5) is 0 Å². The second-order valence-electron chi connectivity index (χ2n) is 3.07. The van der Waals surface area contributed by atoms with E-state index in [1.54, 1.807) is 0 Å². The first-order valence-corrected chi connectivity index (χ1v) is 4.66. The highest BCUT2D eigenvalue weighted by molar-refractivity contribution is 5.96. The number of rotatable bonds is 3. The maximum Gasteiger partial charge on any atom is 0.0633 e. The van der Waals surface area contributed by atoms with Crippen molar-refractivity contribution >= 4 is 11.4 Å². The molecule has 1 nitrogen and oxygen atoms in total. The van der Waals surface area contributed by atoms with Gasteiger partial charge in [0, 0.05) is 5.71 Å². The molecule has 0 amide bonds. The van der Waals surface area contributed by atoms with Crippen molar-refractivity contribution in [1.82, 2.24) is 0 Å². The van der Waals surface area contributed by atoms with Crippen LogP contribution in [0.2, 0.25) is 0 Å². The Labute approximate surface area is 85.5 Å². The monoisotopic (exact) mass is 185 g/mol. The maximum atomic E-state index is 4.37. The minimum absolute atomic E-state index is 0.807. The maximum absolute atomic E-state index is 4.37. The molecule has 0 spiro atoms. The van der Waals surface area contributed by atoms with Crippen LogP contribution in [-0.4, -0.2) is 5.71 Å². The normalized spacial score (nSPS) is 12.0. The van der Waals surface area contributed by atoms with Gasteiger partial charge in [-0.1, -0.05) is 43.0 Å². The summed E-state index contributed by atoms with van der Waals surface area (Å²) in [5.41, 5.74) is 2.85. The fourth-order valence-electron chi connectivity index (χ4n) is 1.19. The van der Waals surface area contributed by atoms with E-state index in [9.17, 15) is 0 Å². The summed E-state index contributed by atoms with van der Waals surface area (Å²) in [5.74, 6) is 0. The lowest BCUT2D eigenvalue weighted by Crippen LogP contribution is -1.86. The van der Waals surface area contributed by atoms with Crippen molar-refractivity contribution in [3.8, 4) is 0 Å². The molecule has 0 aliphatic heterocycles. The Bertz CT molecular complexity index is 358. The Balaban J connectivity index is 2.83. The van der Waals surface area contributed by atoms with Crippen LogP contribution in [0.25, 0.3) is 5.70 Å². The molecule has 0 bridgehead atoms. The Kier molecular flexibility index (Phi) is 3.86. The number of hydrogen-bond acceptors (Lipinski definition) is 1. The molecule has 0 N–H and O–H groups in total. The van der Waals surface area contributed by atoms with Gasteiger partial charge < -0.3 is 0 Å². The van der Waals surface area contributed by atoms with E-state index in [1.807, 2.05) is 56.3 Å². The molecule has 0 fully saturated rings. The zero-order chi connectivity index (χ0) is 10.4. The predicted molar refractivity (Wildman–Crippen MR) is 63.4 cm³/mol. The van der Waals surface area contributed by atoms with E-state index >= 15 is 0 Å². The first kappa shape index (κ1) is 10.5. The predicted octanol–water partition coefficient (Wildman–Crippen LogP) is 3.69. The molecule has 0 saturated heterocycles. The van der Waals surface area contributed by atoms with Gasteiger partial charge in [-0.3, -0.25) is 4.99 Å². The Hall–Kier alpha value is -1.63. The van der Waals surface area contributed by atoms with E-state index in [2.05, 4.69) is 11.6 Å². The van der Waals surface area contributed by atoms with E-state index in [-0.39, 0.29) is 0 Å². The van der Waals surface area contributed by atoms with Crippen LogP contribution in [-0.2, 0) is 0 Å². The summed E-state index contributed by atoms with van der Waals surface area (Å²) >= 11 is 0. The molecule has 1 aromatic carbocycles. The van der Waals surface area contributed by atoms with E-state index in [4.69, 9.17) is 0 Å². The molecule has 1 rings (SSSR count). The fourth-order valence-corrected chi connectivity index (χ4v) is 1.19. The van der Waals surface area contributed by atoms with Gasteiger partial charge in [-0.15, -0.1) is 0 Å². The van der Waals surface area contributed by atoms with Crippen molar-refractivity contribution in [2.45, 2.75) is 13.8 Å². The van der Waals surface area contributed by atoms with E-state index < -0.39 is 0 Å². The first-order chi connectivity index (χ1) is 6.74. The van der Waals surface area contributed by atoms with Crippen molar-refractivity contribution in [3.05, 3.63) is 54.6 Å². The average molecular weight is 185 g/mol. The van der Waals surface area contributed by atoms with Gasteiger partial charge in [0.05, 0.1) is 5.70 Å². The van der Waals surface area contributed by atoms with Gasteiger partial charge in [0.2, 0.25) is 0 Å². The standard InChI is InChI=1S/C13H15N/c1-4-8-11(2)14-12(3)13-9-6-5-7-10-13/h4-10H,3H2,1-2H3/b8-4-,14-11-. The third-order valence-electron chi connectivity index (χ3n) is 1.83. The van der Waals surface area contributed by atoms with Crippen molar-refractivity contribution in [2.24, 2.45) is 4.99 Å². The van der Waals surface area contributed by atoms with Crippen LogP contribution >= 0.6 is 0 Å². The molecule has 0 atom stereocenters. The fraction of sp³-hybridized carbons (Fsp3) is 0.154. The Morgan fingerprint density at radius 3 is 2.50 bits per heavy atom. The number of benzene rings is 1. The molecule has 1 heteroatoms. The molecular weight excluding hydrogens is 170 g/mol. The molecule has 1 aromatic rings. The molecule has 0 aliphatic carbocycles. The molecule has 0 aliphatic rings.